The zero-order valence-electron chi connectivity index (χ0n) is 5.59. The summed E-state index contributed by atoms with van der Waals surface area (Å²) in [7, 11) is 0. The molecule has 1 aliphatic rings. The van der Waals surface area contributed by atoms with Gasteiger partial charge in [-0.2, -0.15) is 0 Å². The molecule has 0 radical (unpaired) electrons. The third-order valence-corrected chi connectivity index (χ3v) is 1.38. The van der Waals surface area contributed by atoms with Crippen molar-refractivity contribution in [1.82, 2.24) is 15.3 Å². The largest absolute Gasteiger partial charge is 0.343 e. The molecule has 3 N–H and O–H groups in total. The molecule has 1 amide bonds. The predicted octanol–water partition coefficient (Wildman–Crippen LogP) is 0.0362. The van der Waals surface area contributed by atoms with Crippen molar-refractivity contribution < 1.29 is 4.79 Å². The molecule has 0 bridgehead atoms. The zero-order valence-corrected chi connectivity index (χ0v) is 5.59. The Morgan fingerprint density at radius 3 is 3.00 bits per heavy atom. The lowest BCUT2D eigenvalue weighted by Crippen LogP contribution is -2.16. The number of fused-ring (bicyclic) bond motifs is 1. The van der Waals surface area contributed by atoms with Gasteiger partial charge in [0.25, 0.3) is 5.91 Å². The standard InChI is InChI=1S/C6H6N4O/c11-6-4-5(10-3-9-4)7-1-2-8-6/h1-3,7H,(H,8,11)(H,9,10). The number of anilines is 1. The first-order valence-electron chi connectivity index (χ1n) is 3.14. The topological polar surface area (TPSA) is 69.8 Å². The van der Waals surface area contributed by atoms with Gasteiger partial charge in [0.2, 0.25) is 0 Å². The zero-order chi connectivity index (χ0) is 7.68. The molecule has 0 atom stereocenters. The number of nitrogens with one attached hydrogen (secondary N) is 3. The van der Waals surface area contributed by atoms with Crippen molar-refractivity contribution in [3.8, 4) is 0 Å². The van der Waals surface area contributed by atoms with Crippen molar-refractivity contribution in [3.05, 3.63) is 24.4 Å². The van der Waals surface area contributed by atoms with Gasteiger partial charge in [0.15, 0.2) is 5.82 Å². The summed E-state index contributed by atoms with van der Waals surface area (Å²) in [6.45, 7) is 0. The van der Waals surface area contributed by atoms with Crippen molar-refractivity contribution in [3.63, 3.8) is 0 Å². The summed E-state index contributed by atoms with van der Waals surface area (Å²) in [6.07, 6.45) is 4.61. The van der Waals surface area contributed by atoms with Gasteiger partial charge in [-0.3, -0.25) is 4.79 Å². The lowest BCUT2D eigenvalue weighted by molar-refractivity contribution is 0.0967. The molecule has 1 aliphatic heterocycles. The fraction of sp³-hybridized carbons (Fsp3) is 0. The van der Waals surface area contributed by atoms with E-state index in [-0.39, 0.29) is 5.91 Å². The van der Waals surface area contributed by atoms with Crippen LogP contribution in [0.25, 0.3) is 0 Å². The molecule has 0 unspecified atom stereocenters. The first-order chi connectivity index (χ1) is 5.38. The van der Waals surface area contributed by atoms with Gasteiger partial charge >= 0.3 is 0 Å². The summed E-state index contributed by atoms with van der Waals surface area (Å²) in [5.41, 5.74) is 0.454. The Morgan fingerprint density at radius 2 is 2.09 bits per heavy atom. The van der Waals surface area contributed by atoms with Crippen molar-refractivity contribution in [2.45, 2.75) is 0 Å². The average Bonchev–Trinajstić information content (AvgIpc) is 2.40. The van der Waals surface area contributed by atoms with Crippen LogP contribution in [0.1, 0.15) is 10.5 Å². The fourth-order valence-electron chi connectivity index (χ4n) is 0.887. The monoisotopic (exact) mass is 150 g/mol. The molecular formula is C6H6N4O. The van der Waals surface area contributed by atoms with Gasteiger partial charge < -0.3 is 15.6 Å². The summed E-state index contributed by atoms with van der Waals surface area (Å²) in [4.78, 5) is 17.7. The maximum Gasteiger partial charge on any atom is 0.275 e. The second kappa shape index (κ2) is 2.12. The summed E-state index contributed by atoms with van der Waals surface area (Å²) in [5, 5.41) is 5.36. The minimum Gasteiger partial charge on any atom is -0.343 e. The first-order valence-corrected chi connectivity index (χ1v) is 3.14. The van der Waals surface area contributed by atoms with E-state index in [2.05, 4.69) is 20.6 Å². The van der Waals surface area contributed by atoms with Crippen LogP contribution in [-0.4, -0.2) is 15.9 Å². The van der Waals surface area contributed by atoms with Crippen LogP contribution < -0.4 is 10.6 Å². The van der Waals surface area contributed by atoms with Crippen LogP contribution in [0.3, 0.4) is 0 Å². The van der Waals surface area contributed by atoms with Crippen LogP contribution in [0.4, 0.5) is 5.82 Å². The Balaban J connectivity index is 2.49. The number of amides is 1. The van der Waals surface area contributed by atoms with Crippen molar-refractivity contribution in [2.75, 3.05) is 5.32 Å². The summed E-state index contributed by atoms with van der Waals surface area (Å²) < 4.78 is 0. The second-order valence-electron chi connectivity index (χ2n) is 2.08. The van der Waals surface area contributed by atoms with Crippen molar-refractivity contribution in [1.29, 1.82) is 0 Å². The molecule has 0 saturated heterocycles. The van der Waals surface area contributed by atoms with E-state index in [1.54, 1.807) is 6.20 Å². The molecule has 0 aromatic carbocycles. The Kier molecular flexibility index (Phi) is 1.15. The highest BCUT2D eigenvalue weighted by Crippen LogP contribution is 2.10. The molecule has 0 saturated carbocycles. The van der Waals surface area contributed by atoms with Gasteiger partial charge in [0, 0.05) is 12.4 Å². The Morgan fingerprint density at radius 1 is 1.27 bits per heavy atom. The highest BCUT2D eigenvalue weighted by atomic mass is 16.1. The van der Waals surface area contributed by atoms with Crippen LogP contribution in [-0.2, 0) is 0 Å². The Hall–Kier alpha value is -1.78. The van der Waals surface area contributed by atoms with E-state index in [1.807, 2.05) is 0 Å². The summed E-state index contributed by atoms with van der Waals surface area (Å²) in [6, 6.07) is 0. The van der Waals surface area contributed by atoms with Crippen LogP contribution in [0.5, 0.6) is 0 Å². The fourth-order valence-corrected chi connectivity index (χ4v) is 0.887. The number of carbonyl (C=O) groups is 1. The number of H-pyrrole nitrogens is 1. The quantitative estimate of drug-likeness (QED) is 0.489. The van der Waals surface area contributed by atoms with Crippen LogP contribution in [0, 0.1) is 0 Å². The Bertz CT molecular complexity index is 314. The van der Waals surface area contributed by atoms with E-state index >= 15 is 0 Å². The van der Waals surface area contributed by atoms with Crippen LogP contribution in [0.2, 0.25) is 0 Å². The van der Waals surface area contributed by atoms with Crippen molar-refractivity contribution in [2.24, 2.45) is 0 Å². The van der Waals surface area contributed by atoms with E-state index in [0.29, 0.717) is 11.5 Å². The third-order valence-electron chi connectivity index (χ3n) is 1.38. The molecule has 0 aliphatic carbocycles. The third kappa shape index (κ3) is 0.861. The number of nitrogens with zero attached hydrogens (tertiary/aromatic N) is 1. The first kappa shape index (κ1) is 5.96. The molecule has 5 heteroatoms. The molecule has 2 heterocycles. The molecule has 1 aromatic heterocycles. The number of rotatable bonds is 0. The number of hydrogen-bond donors (Lipinski definition) is 3. The number of hydrogen-bond acceptors (Lipinski definition) is 3. The van der Waals surface area contributed by atoms with Crippen LogP contribution in [0.15, 0.2) is 18.7 Å². The van der Waals surface area contributed by atoms with E-state index < -0.39 is 0 Å². The van der Waals surface area contributed by atoms with Gasteiger partial charge in [-0.15, -0.1) is 0 Å². The highest BCUT2D eigenvalue weighted by molar-refractivity contribution is 5.98. The van der Waals surface area contributed by atoms with Gasteiger partial charge in [-0.05, 0) is 0 Å². The van der Waals surface area contributed by atoms with Gasteiger partial charge in [-0.1, -0.05) is 0 Å². The SMILES string of the molecule is O=C1NC=CNc2nc[nH]c21. The average molecular weight is 150 g/mol. The van der Waals surface area contributed by atoms with E-state index in [4.69, 9.17) is 0 Å². The minimum absolute atomic E-state index is 0.182. The predicted molar refractivity (Wildman–Crippen MR) is 38.8 cm³/mol. The number of imidazole rings is 1. The molecule has 2 rings (SSSR count). The van der Waals surface area contributed by atoms with Crippen LogP contribution >= 0.6 is 0 Å². The van der Waals surface area contributed by atoms with Gasteiger partial charge in [-0.25, -0.2) is 4.98 Å². The minimum atomic E-state index is -0.182. The molecule has 56 valence electrons. The number of carbonyl (C=O) groups excluding carboxylic acids is 1. The normalized spacial score (nSPS) is 14.7. The van der Waals surface area contributed by atoms with Gasteiger partial charge in [0.1, 0.15) is 5.69 Å². The lowest BCUT2D eigenvalue weighted by atomic mass is 10.4. The molecule has 5 nitrogen and oxygen atoms in total. The summed E-state index contributed by atoms with van der Waals surface area (Å²) in [5.74, 6) is 0.370. The molecule has 0 fully saturated rings. The molecule has 1 aromatic rings. The van der Waals surface area contributed by atoms with Crippen molar-refractivity contribution >= 4 is 11.7 Å². The van der Waals surface area contributed by atoms with E-state index in [0.717, 1.165) is 0 Å². The molecule has 0 spiro atoms. The number of aromatic nitrogens is 2. The summed E-state index contributed by atoms with van der Waals surface area (Å²) >= 11 is 0. The lowest BCUT2D eigenvalue weighted by Gasteiger charge is -1.93. The van der Waals surface area contributed by atoms with Gasteiger partial charge in [0.05, 0.1) is 6.33 Å². The molecular weight excluding hydrogens is 144 g/mol. The van der Waals surface area contributed by atoms with E-state index in [9.17, 15) is 4.79 Å². The number of aromatic amines is 1. The maximum absolute atomic E-state index is 11.1. The second-order valence-corrected chi connectivity index (χ2v) is 2.08. The van der Waals surface area contributed by atoms with E-state index in [1.165, 1.54) is 12.5 Å². The Labute approximate surface area is 62.5 Å². The maximum atomic E-state index is 11.1. The smallest absolute Gasteiger partial charge is 0.275 e. The molecule has 11 heavy (non-hydrogen) atoms. The highest BCUT2D eigenvalue weighted by Gasteiger charge is 2.13.